The van der Waals surface area contributed by atoms with Gasteiger partial charge in [-0.1, -0.05) is 28.1 Å². The zero-order valence-electron chi connectivity index (χ0n) is 10.5. The number of carbonyl (C=O) groups excluding carboxylic acids is 2. The lowest BCUT2D eigenvalue weighted by atomic mass is 9.88. The highest BCUT2D eigenvalue weighted by Crippen LogP contribution is 2.31. The molecule has 0 aliphatic carbocycles. The van der Waals surface area contributed by atoms with E-state index in [0.29, 0.717) is 12.8 Å². The Morgan fingerprint density at radius 1 is 1.11 bits per heavy atom. The summed E-state index contributed by atoms with van der Waals surface area (Å²) >= 11 is 3.38. The molecule has 2 amide bonds. The maximum Gasteiger partial charge on any atom is 0.230 e. The van der Waals surface area contributed by atoms with Gasteiger partial charge in [0.15, 0.2) is 0 Å². The molecule has 0 N–H and O–H groups in total. The van der Waals surface area contributed by atoms with Crippen LogP contribution in [0.25, 0.3) is 0 Å². The fourth-order valence-electron chi connectivity index (χ4n) is 2.38. The number of nitrogens with zero attached hydrogens (tertiary/aromatic N) is 1. The van der Waals surface area contributed by atoms with Crippen LogP contribution in [0.5, 0.6) is 0 Å². The van der Waals surface area contributed by atoms with Crippen molar-refractivity contribution in [3.8, 4) is 0 Å². The summed E-state index contributed by atoms with van der Waals surface area (Å²) in [5.74, 6) is -0.101. The Morgan fingerprint density at radius 2 is 1.61 bits per heavy atom. The van der Waals surface area contributed by atoms with Crippen LogP contribution in [-0.2, 0) is 9.59 Å². The summed E-state index contributed by atoms with van der Waals surface area (Å²) in [6.07, 6.45) is 0.844. The highest BCUT2D eigenvalue weighted by atomic mass is 79.9. The van der Waals surface area contributed by atoms with Crippen LogP contribution >= 0.6 is 15.9 Å². The summed E-state index contributed by atoms with van der Waals surface area (Å²) in [4.78, 5) is 25.4. The average Bonchev–Trinajstić information content (AvgIpc) is 2.28. The zero-order chi connectivity index (χ0) is 13.3. The number of amides is 2. The van der Waals surface area contributed by atoms with Crippen molar-refractivity contribution in [2.24, 2.45) is 0 Å². The number of halogens is 1. The summed E-state index contributed by atoms with van der Waals surface area (Å²) < 4.78 is 1.00. The van der Waals surface area contributed by atoms with Gasteiger partial charge in [-0.25, -0.2) is 0 Å². The Hall–Kier alpha value is -1.16. The van der Waals surface area contributed by atoms with E-state index in [-0.39, 0.29) is 23.8 Å². The van der Waals surface area contributed by atoms with Crippen molar-refractivity contribution in [2.75, 3.05) is 0 Å². The predicted octanol–water partition coefficient (Wildman–Crippen LogP) is 3.09. The van der Waals surface area contributed by atoms with Gasteiger partial charge < -0.3 is 0 Å². The van der Waals surface area contributed by atoms with E-state index in [4.69, 9.17) is 0 Å². The maximum absolute atomic E-state index is 12.0. The molecule has 1 heterocycles. The Morgan fingerprint density at radius 3 is 2.06 bits per heavy atom. The van der Waals surface area contributed by atoms with Crippen LogP contribution in [0.4, 0.5) is 0 Å². The second kappa shape index (κ2) is 5.22. The number of piperidine rings is 1. The molecule has 1 aliphatic heterocycles. The number of hydrogen-bond acceptors (Lipinski definition) is 2. The lowest BCUT2D eigenvalue weighted by molar-refractivity contribution is -0.150. The van der Waals surface area contributed by atoms with Crippen molar-refractivity contribution in [1.29, 1.82) is 0 Å². The number of hydrogen-bond donors (Lipinski definition) is 0. The average molecular weight is 310 g/mol. The van der Waals surface area contributed by atoms with Crippen LogP contribution in [0.1, 0.15) is 38.2 Å². The van der Waals surface area contributed by atoms with E-state index in [1.54, 1.807) is 0 Å². The highest BCUT2D eigenvalue weighted by molar-refractivity contribution is 9.10. The Kier molecular flexibility index (Phi) is 3.85. The quantitative estimate of drug-likeness (QED) is 0.787. The van der Waals surface area contributed by atoms with Crippen molar-refractivity contribution in [3.63, 3.8) is 0 Å². The van der Waals surface area contributed by atoms with E-state index >= 15 is 0 Å². The molecule has 0 saturated carbocycles. The van der Waals surface area contributed by atoms with Crippen LogP contribution in [0.2, 0.25) is 0 Å². The van der Waals surface area contributed by atoms with E-state index in [2.05, 4.69) is 15.9 Å². The predicted molar refractivity (Wildman–Crippen MR) is 73.1 cm³/mol. The van der Waals surface area contributed by atoms with Crippen LogP contribution < -0.4 is 0 Å². The first kappa shape index (κ1) is 13.3. The van der Waals surface area contributed by atoms with E-state index in [9.17, 15) is 9.59 Å². The number of benzene rings is 1. The van der Waals surface area contributed by atoms with Crippen molar-refractivity contribution in [1.82, 2.24) is 4.90 Å². The Bertz CT molecular complexity index is 449. The largest absolute Gasteiger partial charge is 0.280 e. The molecule has 4 heteroatoms. The van der Waals surface area contributed by atoms with Gasteiger partial charge in [0.05, 0.1) is 0 Å². The molecule has 0 unspecified atom stereocenters. The monoisotopic (exact) mass is 309 g/mol. The van der Waals surface area contributed by atoms with E-state index in [1.165, 1.54) is 4.90 Å². The summed E-state index contributed by atoms with van der Waals surface area (Å²) in [5, 5.41) is 0. The van der Waals surface area contributed by atoms with E-state index < -0.39 is 0 Å². The van der Waals surface area contributed by atoms with Gasteiger partial charge in [-0.2, -0.15) is 0 Å². The van der Waals surface area contributed by atoms with Crippen LogP contribution in [0.15, 0.2) is 28.7 Å². The summed E-state index contributed by atoms with van der Waals surface area (Å²) in [5.41, 5.74) is 1.06. The minimum Gasteiger partial charge on any atom is -0.280 e. The molecule has 0 atom stereocenters. The molecule has 96 valence electrons. The van der Waals surface area contributed by atoms with E-state index in [1.807, 2.05) is 38.1 Å². The standard InChI is InChI=1S/C14H16BrNO2/c1-9(2)16-13(17)7-11(8-14(16)18)10-3-5-12(15)6-4-10/h3-6,9,11H,7-8H2,1-2H3. The smallest absolute Gasteiger partial charge is 0.230 e. The molecule has 3 nitrogen and oxygen atoms in total. The molecule has 1 aromatic carbocycles. The molecular weight excluding hydrogens is 294 g/mol. The first-order valence-electron chi connectivity index (χ1n) is 6.09. The fraction of sp³-hybridized carbons (Fsp3) is 0.429. The molecule has 1 aromatic rings. The first-order chi connectivity index (χ1) is 8.49. The maximum atomic E-state index is 12.0. The fourth-order valence-corrected chi connectivity index (χ4v) is 2.64. The Labute approximate surface area is 115 Å². The molecule has 2 rings (SSSR count). The van der Waals surface area contributed by atoms with Gasteiger partial charge in [-0.3, -0.25) is 14.5 Å². The Balaban J connectivity index is 2.18. The van der Waals surface area contributed by atoms with Gasteiger partial charge in [0.25, 0.3) is 0 Å². The third-order valence-electron chi connectivity index (χ3n) is 3.24. The van der Waals surface area contributed by atoms with Crippen molar-refractivity contribution < 1.29 is 9.59 Å². The zero-order valence-corrected chi connectivity index (χ0v) is 12.1. The summed E-state index contributed by atoms with van der Waals surface area (Å²) in [7, 11) is 0. The second-order valence-corrected chi connectivity index (χ2v) is 5.82. The molecule has 1 aliphatic rings. The molecule has 0 bridgehead atoms. The molecule has 0 radical (unpaired) electrons. The number of imide groups is 1. The van der Waals surface area contributed by atoms with Gasteiger partial charge in [0, 0.05) is 29.3 Å². The summed E-state index contributed by atoms with van der Waals surface area (Å²) in [6, 6.07) is 7.79. The molecule has 0 aromatic heterocycles. The molecule has 0 spiro atoms. The second-order valence-electron chi connectivity index (χ2n) is 4.91. The first-order valence-corrected chi connectivity index (χ1v) is 6.88. The van der Waals surface area contributed by atoms with Crippen LogP contribution in [0.3, 0.4) is 0 Å². The molecule has 18 heavy (non-hydrogen) atoms. The van der Waals surface area contributed by atoms with Gasteiger partial charge in [-0.05, 0) is 31.5 Å². The third kappa shape index (κ3) is 2.64. The van der Waals surface area contributed by atoms with Crippen LogP contribution in [0, 0.1) is 0 Å². The van der Waals surface area contributed by atoms with Gasteiger partial charge in [0.2, 0.25) is 11.8 Å². The summed E-state index contributed by atoms with van der Waals surface area (Å²) in [6.45, 7) is 3.74. The van der Waals surface area contributed by atoms with Gasteiger partial charge in [0.1, 0.15) is 0 Å². The van der Waals surface area contributed by atoms with Crippen molar-refractivity contribution in [2.45, 2.75) is 38.6 Å². The molecule has 1 saturated heterocycles. The lowest BCUT2D eigenvalue weighted by Gasteiger charge is -2.32. The molecular formula is C14H16BrNO2. The topological polar surface area (TPSA) is 37.4 Å². The lowest BCUT2D eigenvalue weighted by Crippen LogP contribution is -2.46. The minimum atomic E-state index is -0.0610. The number of rotatable bonds is 2. The van der Waals surface area contributed by atoms with E-state index in [0.717, 1.165) is 10.0 Å². The third-order valence-corrected chi connectivity index (χ3v) is 3.77. The number of carbonyl (C=O) groups is 2. The normalized spacial score (nSPS) is 17.7. The van der Waals surface area contributed by atoms with Crippen LogP contribution in [-0.4, -0.2) is 22.8 Å². The minimum absolute atomic E-state index is 0.0214. The SMILES string of the molecule is CC(C)N1C(=O)CC(c2ccc(Br)cc2)CC1=O. The highest BCUT2D eigenvalue weighted by Gasteiger charge is 2.34. The van der Waals surface area contributed by atoms with Gasteiger partial charge in [-0.15, -0.1) is 0 Å². The van der Waals surface area contributed by atoms with Gasteiger partial charge >= 0.3 is 0 Å². The number of likely N-dealkylation sites (tertiary alicyclic amines) is 1. The van der Waals surface area contributed by atoms with Crippen molar-refractivity contribution >= 4 is 27.7 Å². The molecule has 1 fully saturated rings. The van der Waals surface area contributed by atoms with Crippen molar-refractivity contribution in [3.05, 3.63) is 34.3 Å².